The third-order valence-electron chi connectivity index (χ3n) is 4.21. The molecular formula is C18H18N2O5. The maximum atomic E-state index is 12.5. The predicted octanol–water partition coefficient (Wildman–Crippen LogP) is 1.88. The van der Waals surface area contributed by atoms with Crippen molar-refractivity contribution in [3.8, 4) is 0 Å². The number of hydrogen-bond acceptors (Lipinski definition) is 4. The van der Waals surface area contributed by atoms with E-state index in [1.165, 1.54) is 6.07 Å². The molecule has 7 heteroatoms. The molecule has 1 N–H and O–H groups in total. The van der Waals surface area contributed by atoms with Gasteiger partial charge < -0.3 is 19.3 Å². The van der Waals surface area contributed by atoms with E-state index in [-0.39, 0.29) is 23.1 Å². The fraction of sp³-hybridized carbons (Fsp3) is 0.278. The molecule has 130 valence electrons. The summed E-state index contributed by atoms with van der Waals surface area (Å²) in [6, 6.07) is 8.60. The molecule has 0 aliphatic carbocycles. The number of aromatic carboxylic acids is 1. The fourth-order valence-electron chi connectivity index (χ4n) is 2.71. The second kappa shape index (κ2) is 6.80. The van der Waals surface area contributed by atoms with Gasteiger partial charge in [-0.2, -0.15) is 0 Å². The van der Waals surface area contributed by atoms with Crippen LogP contribution < -0.4 is 0 Å². The number of piperazine rings is 1. The molecule has 7 nitrogen and oxygen atoms in total. The molecule has 25 heavy (non-hydrogen) atoms. The Kier molecular flexibility index (Phi) is 4.56. The van der Waals surface area contributed by atoms with Gasteiger partial charge in [0.15, 0.2) is 5.76 Å². The summed E-state index contributed by atoms with van der Waals surface area (Å²) in [6.07, 6.45) is 1.05. The molecule has 0 spiro atoms. The average Bonchev–Trinajstić information content (AvgIpc) is 3.12. The summed E-state index contributed by atoms with van der Waals surface area (Å²) in [5.74, 6) is -1.57. The van der Waals surface area contributed by atoms with Crippen LogP contribution in [0.2, 0.25) is 0 Å². The highest BCUT2D eigenvalue weighted by molar-refractivity contribution is 5.96. The van der Waals surface area contributed by atoms with E-state index in [1.54, 1.807) is 21.9 Å². The molecule has 0 bridgehead atoms. The molecule has 0 radical (unpaired) electrons. The highest BCUT2D eigenvalue weighted by Crippen LogP contribution is 2.14. The van der Waals surface area contributed by atoms with E-state index >= 15 is 0 Å². The van der Waals surface area contributed by atoms with Crippen LogP contribution in [0, 0.1) is 6.92 Å². The van der Waals surface area contributed by atoms with Crippen LogP contribution in [-0.2, 0) is 0 Å². The minimum atomic E-state index is -1.14. The van der Waals surface area contributed by atoms with E-state index in [1.807, 2.05) is 19.1 Å². The van der Waals surface area contributed by atoms with Crippen molar-refractivity contribution in [2.75, 3.05) is 26.2 Å². The maximum absolute atomic E-state index is 12.5. The Balaban J connectivity index is 1.61. The van der Waals surface area contributed by atoms with Gasteiger partial charge in [0, 0.05) is 37.8 Å². The van der Waals surface area contributed by atoms with Crippen molar-refractivity contribution < 1.29 is 23.9 Å². The van der Waals surface area contributed by atoms with Gasteiger partial charge in [0.05, 0.1) is 5.56 Å². The molecule has 3 rings (SSSR count). The van der Waals surface area contributed by atoms with Crippen LogP contribution >= 0.6 is 0 Å². The van der Waals surface area contributed by atoms with Crippen molar-refractivity contribution >= 4 is 17.8 Å². The van der Waals surface area contributed by atoms with Crippen LogP contribution in [0.5, 0.6) is 0 Å². The van der Waals surface area contributed by atoms with Gasteiger partial charge in [0.1, 0.15) is 6.26 Å². The van der Waals surface area contributed by atoms with Gasteiger partial charge in [-0.1, -0.05) is 17.7 Å². The maximum Gasteiger partial charge on any atom is 0.338 e. The summed E-state index contributed by atoms with van der Waals surface area (Å²) in [6.45, 7) is 3.55. The predicted molar refractivity (Wildman–Crippen MR) is 88.7 cm³/mol. The Morgan fingerprint density at radius 3 is 2.00 bits per heavy atom. The third-order valence-corrected chi connectivity index (χ3v) is 4.21. The summed E-state index contributed by atoms with van der Waals surface area (Å²) in [5.41, 5.74) is 1.66. The van der Waals surface area contributed by atoms with Crippen LogP contribution in [0.3, 0.4) is 0 Å². The lowest BCUT2D eigenvalue weighted by molar-refractivity contribution is 0.0518. The number of carboxylic acid groups (broad SMARTS) is 1. The van der Waals surface area contributed by atoms with Crippen LogP contribution in [-0.4, -0.2) is 58.9 Å². The lowest BCUT2D eigenvalue weighted by Gasteiger charge is -2.34. The molecule has 0 saturated carbocycles. The number of benzene rings is 1. The lowest BCUT2D eigenvalue weighted by Crippen LogP contribution is -2.50. The zero-order valence-electron chi connectivity index (χ0n) is 13.8. The van der Waals surface area contributed by atoms with E-state index in [2.05, 4.69) is 0 Å². The number of rotatable bonds is 3. The van der Waals surface area contributed by atoms with E-state index in [0.717, 1.165) is 11.8 Å². The largest absolute Gasteiger partial charge is 0.478 e. The number of nitrogens with zero attached hydrogens (tertiary/aromatic N) is 2. The Morgan fingerprint density at radius 1 is 0.920 bits per heavy atom. The van der Waals surface area contributed by atoms with E-state index < -0.39 is 5.97 Å². The van der Waals surface area contributed by atoms with Crippen LogP contribution in [0.1, 0.15) is 36.8 Å². The average molecular weight is 342 g/mol. The molecule has 2 heterocycles. The molecule has 1 saturated heterocycles. The Hall–Kier alpha value is -3.09. The fourth-order valence-corrected chi connectivity index (χ4v) is 2.71. The summed E-state index contributed by atoms with van der Waals surface area (Å²) < 4.78 is 5.04. The molecule has 0 unspecified atom stereocenters. The smallest absolute Gasteiger partial charge is 0.338 e. The first-order valence-corrected chi connectivity index (χ1v) is 7.93. The molecule has 1 fully saturated rings. The molecule has 2 aromatic rings. The lowest BCUT2D eigenvalue weighted by atomic mass is 10.1. The van der Waals surface area contributed by atoms with Crippen LogP contribution in [0.25, 0.3) is 0 Å². The second-order valence-corrected chi connectivity index (χ2v) is 5.96. The molecular weight excluding hydrogens is 324 g/mol. The van der Waals surface area contributed by atoms with Gasteiger partial charge in [-0.3, -0.25) is 9.59 Å². The number of aryl methyl sites for hydroxylation is 1. The summed E-state index contributed by atoms with van der Waals surface area (Å²) in [5, 5.41) is 8.88. The molecule has 1 aliphatic rings. The number of carbonyl (C=O) groups excluding carboxylic acids is 2. The van der Waals surface area contributed by atoms with Gasteiger partial charge in [-0.15, -0.1) is 0 Å². The summed E-state index contributed by atoms with van der Waals surface area (Å²) >= 11 is 0. The highest BCUT2D eigenvalue weighted by Gasteiger charge is 2.27. The minimum absolute atomic E-state index is 0.00397. The first-order valence-electron chi connectivity index (χ1n) is 7.93. The van der Waals surface area contributed by atoms with Crippen molar-refractivity contribution in [2.45, 2.75) is 6.92 Å². The SMILES string of the molecule is Cc1ccc(C(=O)N2CCN(C(=O)c3cc(C(=O)O)co3)CC2)cc1. The van der Waals surface area contributed by atoms with Crippen molar-refractivity contribution in [3.63, 3.8) is 0 Å². The Morgan fingerprint density at radius 2 is 1.48 bits per heavy atom. The number of carbonyl (C=O) groups is 3. The monoisotopic (exact) mass is 342 g/mol. The first kappa shape index (κ1) is 16.8. The van der Waals surface area contributed by atoms with Crippen LogP contribution in [0.15, 0.2) is 41.0 Å². The topological polar surface area (TPSA) is 91.1 Å². The molecule has 1 aliphatic heterocycles. The van der Waals surface area contributed by atoms with E-state index in [4.69, 9.17) is 9.52 Å². The van der Waals surface area contributed by atoms with Crippen molar-refractivity contribution in [1.82, 2.24) is 9.80 Å². The van der Waals surface area contributed by atoms with Crippen molar-refractivity contribution in [3.05, 3.63) is 59.0 Å². The molecule has 2 amide bonds. The van der Waals surface area contributed by atoms with E-state index in [9.17, 15) is 14.4 Å². The number of furan rings is 1. The van der Waals surface area contributed by atoms with Crippen molar-refractivity contribution in [1.29, 1.82) is 0 Å². The highest BCUT2D eigenvalue weighted by atomic mass is 16.4. The normalized spacial score (nSPS) is 14.4. The Labute approximate surface area is 144 Å². The van der Waals surface area contributed by atoms with Gasteiger partial charge in [-0.25, -0.2) is 4.79 Å². The van der Waals surface area contributed by atoms with Gasteiger partial charge >= 0.3 is 5.97 Å². The number of hydrogen-bond donors (Lipinski definition) is 1. The number of amides is 2. The van der Waals surface area contributed by atoms with Gasteiger partial charge in [0.2, 0.25) is 0 Å². The van der Waals surface area contributed by atoms with Gasteiger partial charge in [0.25, 0.3) is 11.8 Å². The van der Waals surface area contributed by atoms with E-state index in [0.29, 0.717) is 31.7 Å². The third kappa shape index (κ3) is 3.55. The Bertz CT molecular complexity index is 801. The first-order chi connectivity index (χ1) is 12.0. The zero-order chi connectivity index (χ0) is 18.0. The quantitative estimate of drug-likeness (QED) is 0.920. The van der Waals surface area contributed by atoms with Crippen LogP contribution in [0.4, 0.5) is 0 Å². The molecule has 0 atom stereocenters. The molecule has 1 aromatic heterocycles. The van der Waals surface area contributed by atoms with Crippen molar-refractivity contribution in [2.24, 2.45) is 0 Å². The standard InChI is InChI=1S/C18H18N2O5/c1-12-2-4-13(5-3-12)16(21)19-6-8-20(9-7-19)17(22)15-10-14(11-25-15)18(23)24/h2-5,10-11H,6-9H2,1H3,(H,23,24). The summed E-state index contributed by atoms with van der Waals surface area (Å²) in [4.78, 5) is 39.0. The zero-order valence-corrected chi connectivity index (χ0v) is 13.8. The second-order valence-electron chi connectivity index (χ2n) is 5.96. The summed E-state index contributed by atoms with van der Waals surface area (Å²) in [7, 11) is 0. The van der Waals surface area contributed by atoms with Gasteiger partial charge in [-0.05, 0) is 19.1 Å². The number of carboxylic acids is 1. The molecule has 1 aromatic carbocycles. The minimum Gasteiger partial charge on any atom is -0.478 e.